The van der Waals surface area contributed by atoms with Gasteiger partial charge in [-0.15, -0.1) is 0 Å². The third-order valence-electron chi connectivity index (χ3n) is 4.20. The van der Waals surface area contributed by atoms with Crippen LogP contribution in [0.5, 0.6) is 0 Å². The standard InChI is InChI=1S/C19H23NO3S/c1-14(20-19(21)15(2)24(3,22)23)18(16-10-6-4-7-11-16)17-12-8-5-9-13-17/h4-15,18H,1-3H3,(H,20,21). The van der Waals surface area contributed by atoms with Gasteiger partial charge in [0.25, 0.3) is 0 Å². The second-order valence-corrected chi connectivity index (χ2v) is 8.43. The van der Waals surface area contributed by atoms with E-state index in [1.54, 1.807) is 0 Å². The largest absolute Gasteiger partial charge is 0.352 e. The lowest BCUT2D eigenvalue weighted by atomic mass is 9.86. The molecule has 1 amide bonds. The second kappa shape index (κ2) is 7.62. The highest BCUT2D eigenvalue weighted by Crippen LogP contribution is 2.28. The van der Waals surface area contributed by atoms with Crippen molar-refractivity contribution in [2.24, 2.45) is 0 Å². The Morgan fingerprint density at radius 3 is 1.67 bits per heavy atom. The Morgan fingerprint density at radius 2 is 1.29 bits per heavy atom. The van der Waals surface area contributed by atoms with Gasteiger partial charge in [0.1, 0.15) is 5.25 Å². The van der Waals surface area contributed by atoms with Crippen molar-refractivity contribution in [3.8, 4) is 0 Å². The third-order valence-corrected chi connectivity index (χ3v) is 5.70. The summed E-state index contributed by atoms with van der Waals surface area (Å²) in [4.78, 5) is 12.3. The number of benzene rings is 2. The molecule has 0 bridgehead atoms. The van der Waals surface area contributed by atoms with Crippen molar-refractivity contribution < 1.29 is 13.2 Å². The summed E-state index contributed by atoms with van der Waals surface area (Å²) in [5.74, 6) is -0.523. The first-order valence-corrected chi connectivity index (χ1v) is 9.85. The minimum absolute atomic E-state index is 0.0527. The zero-order valence-electron chi connectivity index (χ0n) is 14.1. The molecule has 4 nitrogen and oxygen atoms in total. The molecular formula is C19H23NO3S. The fourth-order valence-electron chi connectivity index (χ4n) is 2.71. The minimum atomic E-state index is -3.41. The molecule has 0 aromatic heterocycles. The number of carbonyl (C=O) groups excluding carboxylic acids is 1. The lowest BCUT2D eigenvalue weighted by molar-refractivity contribution is -0.121. The van der Waals surface area contributed by atoms with Gasteiger partial charge in [0.05, 0.1) is 0 Å². The number of amides is 1. The maximum Gasteiger partial charge on any atom is 0.238 e. The van der Waals surface area contributed by atoms with E-state index in [2.05, 4.69) is 5.32 Å². The molecule has 2 rings (SSSR count). The van der Waals surface area contributed by atoms with Crippen LogP contribution in [0.2, 0.25) is 0 Å². The van der Waals surface area contributed by atoms with E-state index in [1.165, 1.54) is 6.92 Å². The molecule has 0 heterocycles. The van der Waals surface area contributed by atoms with Gasteiger partial charge in [-0.1, -0.05) is 60.7 Å². The fraction of sp³-hybridized carbons (Fsp3) is 0.316. The maximum absolute atomic E-state index is 12.3. The van der Waals surface area contributed by atoms with Gasteiger partial charge in [-0.05, 0) is 25.0 Å². The number of nitrogens with one attached hydrogen (secondary N) is 1. The summed E-state index contributed by atoms with van der Waals surface area (Å²) < 4.78 is 23.2. The topological polar surface area (TPSA) is 63.2 Å². The van der Waals surface area contributed by atoms with E-state index < -0.39 is 21.0 Å². The average molecular weight is 345 g/mol. The number of carbonyl (C=O) groups is 1. The van der Waals surface area contributed by atoms with Gasteiger partial charge < -0.3 is 5.32 Å². The van der Waals surface area contributed by atoms with Gasteiger partial charge in [-0.25, -0.2) is 8.42 Å². The monoisotopic (exact) mass is 345 g/mol. The summed E-state index contributed by atoms with van der Waals surface area (Å²) in [5.41, 5.74) is 2.15. The predicted molar refractivity (Wildman–Crippen MR) is 96.6 cm³/mol. The Balaban J connectivity index is 2.30. The fourth-order valence-corrected chi connectivity index (χ4v) is 3.17. The van der Waals surface area contributed by atoms with Crippen LogP contribution in [0.15, 0.2) is 60.7 Å². The van der Waals surface area contributed by atoms with E-state index in [4.69, 9.17) is 0 Å². The number of rotatable bonds is 6. The molecule has 5 heteroatoms. The van der Waals surface area contributed by atoms with Gasteiger partial charge in [0.2, 0.25) is 5.91 Å². The Bertz CT molecular complexity index is 733. The molecule has 0 aliphatic carbocycles. The summed E-state index contributed by atoms with van der Waals surface area (Å²) >= 11 is 0. The highest BCUT2D eigenvalue weighted by Gasteiger charge is 2.28. The van der Waals surface area contributed by atoms with Crippen LogP contribution in [-0.4, -0.2) is 31.9 Å². The number of hydrogen-bond acceptors (Lipinski definition) is 3. The summed E-state index contributed by atoms with van der Waals surface area (Å²) in [7, 11) is -3.41. The van der Waals surface area contributed by atoms with Crippen LogP contribution >= 0.6 is 0 Å². The molecule has 0 spiro atoms. The maximum atomic E-state index is 12.3. The van der Waals surface area contributed by atoms with E-state index in [0.29, 0.717) is 0 Å². The minimum Gasteiger partial charge on any atom is -0.352 e. The molecule has 0 aliphatic rings. The quantitative estimate of drug-likeness (QED) is 0.875. The Hall–Kier alpha value is -2.14. The predicted octanol–water partition coefficient (Wildman–Crippen LogP) is 2.76. The Kier molecular flexibility index (Phi) is 5.78. The van der Waals surface area contributed by atoms with Gasteiger partial charge in [-0.2, -0.15) is 0 Å². The summed E-state index contributed by atoms with van der Waals surface area (Å²) in [5, 5.41) is 1.80. The molecular weight excluding hydrogens is 322 g/mol. The first-order chi connectivity index (χ1) is 11.3. The zero-order valence-corrected chi connectivity index (χ0v) is 15.0. The first kappa shape index (κ1) is 18.2. The van der Waals surface area contributed by atoms with Crippen LogP contribution in [0.1, 0.15) is 30.9 Å². The van der Waals surface area contributed by atoms with E-state index in [-0.39, 0.29) is 12.0 Å². The van der Waals surface area contributed by atoms with Gasteiger partial charge >= 0.3 is 0 Å². The van der Waals surface area contributed by atoms with E-state index >= 15 is 0 Å². The summed E-state index contributed by atoms with van der Waals surface area (Å²) in [6.07, 6.45) is 1.08. The Labute approximate surface area is 143 Å². The lowest BCUT2D eigenvalue weighted by Gasteiger charge is -2.27. The van der Waals surface area contributed by atoms with Crippen molar-refractivity contribution in [2.75, 3.05) is 6.26 Å². The van der Waals surface area contributed by atoms with Crippen LogP contribution in [0.3, 0.4) is 0 Å². The molecule has 2 atom stereocenters. The highest BCUT2D eigenvalue weighted by atomic mass is 32.2. The van der Waals surface area contributed by atoms with Gasteiger partial charge in [0, 0.05) is 18.2 Å². The van der Waals surface area contributed by atoms with E-state index in [1.807, 2.05) is 67.6 Å². The number of hydrogen-bond donors (Lipinski definition) is 1. The van der Waals surface area contributed by atoms with Crippen molar-refractivity contribution in [1.82, 2.24) is 5.32 Å². The number of sulfone groups is 1. The van der Waals surface area contributed by atoms with Crippen molar-refractivity contribution >= 4 is 15.7 Å². The Morgan fingerprint density at radius 1 is 0.875 bits per heavy atom. The molecule has 0 radical (unpaired) electrons. The second-order valence-electron chi connectivity index (χ2n) is 6.07. The molecule has 2 aromatic rings. The molecule has 0 saturated carbocycles. The van der Waals surface area contributed by atoms with Crippen LogP contribution in [0.4, 0.5) is 0 Å². The average Bonchev–Trinajstić information content (AvgIpc) is 2.55. The molecule has 1 N–H and O–H groups in total. The van der Waals surface area contributed by atoms with Crippen LogP contribution in [0, 0.1) is 0 Å². The molecule has 128 valence electrons. The van der Waals surface area contributed by atoms with Crippen LogP contribution in [-0.2, 0) is 14.6 Å². The normalized spacial score (nSPS) is 14.2. The van der Waals surface area contributed by atoms with Gasteiger partial charge in [-0.3, -0.25) is 4.79 Å². The van der Waals surface area contributed by atoms with Crippen molar-refractivity contribution in [1.29, 1.82) is 0 Å². The van der Waals surface area contributed by atoms with Crippen molar-refractivity contribution in [3.63, 3.8) is 0 Å². The summed E-state index contributed by atoms with van der Waals surface area (Å²) in [6.45, 7) is 3.31. The molecule has 0 aliphatic heterocycles. The van der Waals surface area contributed by atoms with Crippen LogP contribution < -0.4 is 5.32 Å². The molecule has 24 heavy (non-hydrogen) atoms. The third kappa shape index (κ3) is 4.45. The van der Waals surface area contributed by atoms with Crippen molar-refractivity contribution in [2.45, 2.75) is 31.1 Å². The van der Waals surface area contributed by atoms with Crippen molar-refractivity contribution in [3.05, 3.63) is 71.8 Å². The SMILES string of the molecule is CC(NC(=O)C(C)S(C)(=O)=O)C(c1ccccc1)c1ccccc1. The van der Waals surface area contributed by atoms with Crippen LogP contribution in [0.25, 0.3) is 0 Å². The summed E-state index contributed by atoms with van der Waals surface area (Å²) in [6, 6.07) is 19.5. The molecule has 0 fully saturated rings. The molecule has 2 unspecified atom stereocenters. The van der Waals surface area contributed by atoms with E-state index in [0.717, 1.165) is 17.4 Å². The molecule has 2 aromatic carbocycles. The lowest BCUT2D eigenvalue weighted by Crippen LogP contribution is -2.44. The smallest absolute Gasteiger partial charge is 0.238 e. The first-order valence-electron chi connectivity index (χ1n) is 7.90. The molecule has 0 saturated heterocycles. The highest BCUT2D eigenvalue weighted by molar-refractivity contribution is 7.92. The van der Waals surface area contributed by atoms with E-state index in [9.17, 15) is 13.2 Å². The zero-order chi connectivity index (χ0) is 17.7. The van der Waals surface area contributed by atoms with Gasteiger partial charge in [0.15, 0.2) is 9.84 Å².